The fourth-order valence-electron chi connectivity index (χ4n) is 7.68. The highest BCUT2D eigenvalue weighted by atomic mass is 16.5. The topological polar surface area (TPSA) is 134 Å². The Morgan fingerprint density at radius 3 is 2.48 bits per heavy atom. The molecule has 0 spiro atoms. The van der Waals surface area contributed by atoms with Gasteiger partial charge in [0.2, 0.25) is 0 Å². The molecule has 0 aliphatic carbocycles. The van der Waals surface area contributed by atoms with E-state index in [1.54, 1.807) is 24.6 Å². The predicted molar refractivity (Wildman–Crippen MR) is 156 cm³/mol. The van der Waals surface area contributed by atoms with Crippen molar-refractivity contribution in [2.75, 3.05) is 31.1 Å². The molecule has 3 aromatic rings. The van der Waals surface area contributed by atoms with Crippen molar-refractivity contribution in [3.63, 3.8) is 0 Å². The second-order valence-electron chi connectivity index (χ2n) is 13.0. The highest BCUT2D eigenvalue weighted by Crippen LogP contribution is 2.39. The van der Waals surface area contributed by atoms with Crippen LogP contribution in [0.25, 0.3) is 16.6 Å². The molecule has 0 amide bonds. The lowest BCUT2D eigenvalue weighted by molar-refractivity contribution is -0.197. The van der Waals surface area contributed by atoms with Crippen LogP contribution in [-0.2, 0) is 0 Å². The lowest BCUT2D eigenvalue weighted by Gasteiger charge is -2.59. The summed E-state index contributed by atoms with van der Waals surface area (Å²) in [4.78, 5) is 11.5. The van der Waals surface area contributed by atoms with E-state index in [4.69, 9.17) is 9.72 Å². The highest BCUT2D eigenvalue weighted by molar-refractivity contribution is 5.85. The molecule has 4 bridgehead atoms. The van der Waals surface area contributed by atoms with Crippen molar-refractivity contribution in [1.82, 2.24) is 24.4 Å². The van der Waals surface area contributed by atoms with Crippen LogP contribution < -0.4 is 9.64 Å². The number of hydrogen-bond acceptors (Lipinski definition) is 10. The maximum Gasteiger partial charge on any atom is 0.138 e. The molecule has 0 radical (unpaired) electrons. The number of aliphatic hydroxyl groups is 3. The van der Waals surface area contributed by atoms with Crippen molar-refractivity contribution < 1.29 is 20.1 Å². The standard InChI is InChI=1S/C31H39N7O4/c1-31(2,41)30(40)38-23-9-24(38)17-35(16-23)28-6-3-19(14-33-28)27-12-26(18-37-29(27)20(13-32)15-34-37)42-8-7-36-21-4-5-22(36)11-25(39)10-21/h3,6,12,14-15,18,21-25,30,39-41H,4-5,7-11,16-17H2,1-2H3/t21-,22+,23?,24?,25?,30?. The summed E-state index contributed by atoms with van der Waals surface area (Å²) in [6.45, 7) is 6.11. The third-order valence-corrected chi connectivity index (χ3v) is 9.73. The van der Waals surface area contributed by atoms with Crippen LogP contribution in [-0.4, -0.2) is 108 Å². The quantitative estimate of drug-likeness (QED) is 0.367. The molecule has 222 valence electrons. The molecule has 6 atom stereocenters. The number of fused-ring (bicyclic) bond motifs is 5. The Kier molecular flexibility index (Phi) is 6.87. The summed E-state index contributed by atoms with van der Waals surface area (Å²) in [5, 5.41) is 45.2. The number of anilines is 1. The van der Waals surface area contributed by atoms with E-state index in [1.807, 2.05) is 35.5 Å². The Balaban J connectivity index is 1.07. The molecule has 5 aliphatic heterocycles. The van der Waals surface area contributed by atoms with E-state index in [2.05, 4.69) is 21.0 Å². The zero-order chi connectivity index (χ0) is 29.2. The molecule has 11 nitrogen and oxygen atoms in total. The predicted octanol–water partition coefficient (Wildman–Crippen LogP) is 1.99. The van der Waals surface area contributed by atoms with Crippen LogP contribution in [0.15, 0.2) is 36.8 Å². The van der Waals surface area contributed by atoms with Gasteiger partial charge in [0.15, 0.2) is 0 Å². The lowest BCUT2D eigenvalue weighted by atomic mass is 9.85. The number of hydrogen-bond donors (Lipinski definition) is 3. The molecule has 5 aliphatic rings. The Bertz CT molecular complexity index is 1470. The summed E-state index contributed by atoms with van der Waals surface area (Å²) >= 11 is 0. The van der Waals surface area contributed by atoms with Crippen LogP contribution in [0.5, 0.6) is 5.75 Å². The van der Waals surface area contributed by atoms with Gasteiger partial charge in [-0.2, -0.15) is 10.4 Å². The summed E-state index contributed by atoms with van der Waals surface area (Å²) in [5.41, 5.74) is 1.75. The van der Waals surface area contributed by atoms with E-state index in [9.17, 15) is 20.6 Å². The van der Waals surface area contributed by atoms with Gasteiger partial charge in [0.1, 0.15) is 30.5 Å². The van der Waals surface area contributed by atoms with Crippen molar-refractivity contribution in [2.45, 2.75) is 88.1 Å². The number of nitrogens with zero attached hydrogens (tertiary/aromatic N) is 7. The number of aromatic nitrogens is 3. The van der Waals surface area contributed by atoms with Crippen LogP contribution >= 0.6 is 0 Å². The first-order chi connectivity index (χ1) is 20.2. The van der Waals surface area contributed by atoms with Crippen molar-refractivity contribution in [3.05, 3.63) is 42.4 Å². The minimum Gasteiger partial charge on any atom is -0.491 e. The Labute approximate surface area is 245 Å². The van der Waals surface area contributed by atoms with E-state index in [0.29, 0.717) is 30.0 Å². The summed E-state index contributed by atoms with van der Waals surface area (Å²) in [7, 11) is 0. The van der Waals surface area contributed by atoms with Crippen molar-refractivity contribution in [3.8, 4) is 22.9 Å². The molecular formula is C31H39N7O4. The molecule has 0 saturated carbocycles. The fraction of sp³-hybridized carbons (Fsp3) is 0.581. The van der Waals surface area contributed by atoms with Crippen LogP contribution in [0.2, 0.25) is 0 Å². The average Bonchev–Trinajstić information content (AvgIpc) is 3.49. The minimum absolute atomic E-state index is 0.176. The van der Waals surface area contributed by atoms with Crippen LogP contribution in [0.4, 0.5) is 5.82 Å². The second kappa shape index (κ2) is 10.5. The number of pyridine rings is 2. The van der Waals surface area contributed by atoms with Gasteiger partial charge in [-0.1, -0.05) is 0 Å². The monoisotopic (exact) mass is 573 g/mol. The molecule has 5 saturated heterocycles. The first-order valence-corrected chi connectivity index (χ1v) is 15.1. The Morgan fingerprint density at radius 2 is 1.83 bits per heavy atom. The summed E-state index contributed by atoms with van der Waals surface area (Å²) in [6, 6.07) is 9.49. The fourth-order valence-corrected chi connectivity index (χ4v) is 7.68. The molecule has 3 N–H and O–H groups in total. The van der Waals surface area contributed by atoms with Gasteiger partial charge >= 0.3 is 0 Å². The number of piperidine rings is 2. The summed E-state index contributed by atoms with van der Waals surface area (Å²) in [5.74, 6) is 1.55. The highest BCUT2D eigenvalue weighted by Gasteiger charge is 2.50. The summed E-state index contributed by atoms with van der Waals surface area (Å²) < 4.78 is 7.95. The first kappa shape index (κ1) is 27.6. The average molecular weight is 574 g/mol. The Morgan fingerprint density at radius 1 is 1.10 bits per heavy atom. The number of rotatable bonds is 8. The molecular weight excluding hydrogens is 534 g/mol. The zero-order valence-corrected chi connectivity index (χ0v) is 24.2. The van der Waals surface area contributed by atoms with Crippen LogP contribution in [0, 0.1) is 11.3 Å². The molecule has 8 rings (SSSR count). The zero-order valence-electron chi connectivity index (χ0n) is 24.2. The molecule has 11 heteroatoms. The van der Waals surface area contributed by atoms with Gasteiger partial charge < -0.3 is 25.0 Å². The van der Waals surface area contributed by atoms with Gasteiger partial charge in [-0.25, -0.2) is 9.50 Å². The second-order valence-corrected chi connectivity index (χ2v) is 13.0. The summed E-state index contributed by atoms with van der Waals surface area (Å²) in [6.07, 6.45) is 9.16. The van der Waals surface area contributed by atoms with Gasteiger partial charge in [-0.3, -0.25) is 9.80 Å². The normalized spacial score (nSPS) is 28.5. The first-order valence-electron chi connectivity index (χ1n) is 15.1. The maximum absolute atomic E-state index is 10.6. The SMILES string of the molecule is CC(C)(O)C(O)N1C2CC1CN(c1ccc(-c3cc(OCCN4[C@@H]5CC[C@H]4CC(O)C5)cn4ncc(C#N)c34)cn1)C2. The number of aliphatic hydroxyl groups excluding tert-OH is 2. The molecule has 8 heterocycles. The van der Waals surface area contributed by atoms with Crippen LogP contribution in [0.1, 0.15) is 51.5 Å². The maximum atomic E-state index is 10.6. The molecule has 42 heavy (non-hydrogen) atoms. The van der Waals surface area contributed by atoms with E-state index in [0.717, 1.165) is 74.2 Å². The molecule has 0 aromatic carbocycles. The molecule has 5 fully saturated rings. The minimum atomic E-state index is -1.17. The molecule has 4 unspecified atom stereocenters. The van der Waals surface area contributed by atoms with Gasteiger partial charge in [-0.15, -0.1) is 0 Å². The lowest BCUT2D eigenvalue weighted by Crippen LogP contribution is -2.74. The largest absolute Gasteiger partial charge is 0.491 e. The van der Waals surface area contributed by atoms with E-state index in [1.165, 1.54) is 0 Å². The number of ether oxygens (including phenoxy) is 1. The third-order valence-electron chi connectivity index (χ3n) is 9.73. The van der Waals surface area contributed by atoms with Crippen LogP contribution in [0.3, 0.4) is 0 Å². The third kappa shape index (κ3) is 4.81. The molecule has 3 aromatic heterocycles. The van der Waals surface area contributed by atoms with Gasteiger partial charge in [0, 0.05) is 61.1 Å². The van der Waals surface area contributed by atoms with E-state index < -0.39 is 11.8 Å². The van der Waals surface area contributed by atoms with Gasteiger partial charge in [0.05, 0.1) is 35.2 Å². The van der Waals surface area contributed by atoms with Gasteiger partial charge in [0.25, 0.3) is 0 Å². The van der Waals surface area contributed by atoms with E-state index in [-0.39, 0.29) is 18.2 Å². The number of piperazine rings is 1. The van der Waals surface area contributed by atoms with E-state index >= 15 is 0 Å². The van der Waals surface area contributed by atoms with Crippen molar-refractivity contribution >= 4 is 11.3 Å². The van der Waals surface area contributed by atoms with Gasteiger partial charge in [-0.05, 0) is 64.2 Å². The van der Waals surface area contributed by atoms with Crippen molar-refractivity contribution in [1.29, 1.82) is 5.26 Å². The number of nitriles is 1. The smallest absolute Gasteiger partial charge is 0.138 e. The van der Waals surface area contributed by atoms with Crippen molar-refractivity contribution in [2.24, 2.45) is 0 Å². The Hall–Kier alpha value is -3.27.